The molecule has 0 aliphatic carbocycles. The van der Waals surface area contributed by atoms with E-state index in [0.29, 0.717) is 5.92 Å². The summed E-state index contributed by atoms with van der Waals surface area (Å²) in [6.07, 6.45) is 1.08. The molecule has 0 unspecified atom stereocenters. The van der Waals surface area contributed by atoms with Gasteiger partial charge in [-0.1, -0.05) is 48.8 Å². The highest BCUT2D eigenvalue weighted by Gasteiger charge is 2.09. The van der Waals surface area contributed by atoms with Crippen LogP contribution >= 0.6 is 15.9 Å². The summed E-state index contributed by atoms with van der Waals surface area (Å²) in [5.41, 5.74) is 2.06. The van der Waals surface area contributed by atoms with Gasteiger partial charge in [-0.3, -0.25) is 0 Å². The molecule has 0 fully saturated rings. The average Bonchev–Trinajstić information content (AvgIpc) is 2.44. The molecule has 1 aromatic heterocycles. The van der Waals surface area contributed by atoms with Gasteiger partial charge in [-0.15, -0.1) is 0 Å². The Hall–Kier alpha value is -1.42. The highest BCUT2D eigenvalue weighted by Crippen LogP contribution is 2.25. The van der Waals surface area contributed by atoms with Gasteiger partial charge in [0.15, 0.2) is 0 Å². The summed E-state index contributed by atoms with van der Waals surface area (Å²) in [6, 6.07) is 10.2. The van der Waals surface area contributed by atoms with Gasteiger partial charge in [0, 0.05) is 28.6 Å². The smallest absolute Gasteiger partial charge is 0.133 e. The Morgan fingerprint density at radius 2 is 2.00 bits per heavy atom. The second kappa shape index (κ2) is 6.84. The maximum Gasteiger partial charge on any atom is 0.133 e. The molecule has 0 saturated carbocycles. The maximum atomic E-state index is 4.68. The standard InChI is InChI=1S/C16H20BrN3/c1-4-8-18-15-10-14(19-16(20-15)11(2)3)12-6-5-7-13(17)9-12/h5-7,9-11H,4,8H2,1-3H3,(H,18,19,20). The van der Waals surface area contributed by atoms with Crippen molar-refractivity contribution in [2.45, 2.75) is 33.1 Å². The van der Waals surface area contributed by atoms with Gasteiger partial charge in [-0.2, -0.15) is 0 Å². The summed E-state index contributed by atoms with van der Waals surface area (Å²) in [5, 5.41) is 3.35. The van der Waals surface area contributed by atoms with Gasteiger partial charge in [-0.05, 0) is 18.6 Å². The van der Waals surface area contributed by atoms with Gasteiger partial charge in [0.1, 0.15) is 11.6 Å². The highest BCUT2D eigenvalue weighted by atomic mass is 79.9. The summed E-state index contributed by atoms with van der Waals surface area (Å²) in [6.45, 7) is 7.30. The van der Waals surface area contributed by atoms with Gasteiger partial charge in [-0.25, -0.2) is 9.97 Å². The molecule has 2 aromatic rings. The molecule has 3 nitrogen and oxygen atoms in total. The molecule has 4 heteroatoms. The van der Waals surface area contributed by atoms with Crippen LogP contribution in [0.5, 0.6) is 0 Å². The average molecular weight is 334 g/mol. The summed E-state index contributed by atoms with van der Waals surface area (Å²) in [5.74, 6) is 2.09. The quantitative estimate of drug-likeness (QED) is 0.849. The van der Waals surface area contributed by atoms with Crippen molar-refractivity contribution in [2.24, 2.45) is 0 Å². The van der Waals surface area contributed by atoms with Crippen molar-refractivity contribution in [1.82, 2.24) is 9.97 Å². The Morgan fingerprint density at radius 1 is 1.20 bits per heavy atom. The predicted molar refractivity (Wildman–Crippen MR) is 88.0 cm³/mol. The Bertz CT molecular complexity index is 582. The number of aromatic nitrogens is 2. The Kier molecular flexibility index (Phi) is 5.12. The number of hydrogen-bond acceptors (Lipinski definition) is 3. The van der Waals surface area contributed by atoms with Crippen LogP contribution in [0.25, 0.3) is 11.3 Å². The minimum Gasteiger partial charge on any atom is -0.370 e. The van der Waals surface area contributed by atoms with Crippen molar-refractivity contribution >= 4 is 21.7 Å². The molecule has 0 bridgehead atoms. The van der Waals surface area contributed by atoms with Gasteiger partial charge >= 0.3 is 0 Å². The number of nitrogens with zero attached hydrogens (tertiary/aromatic N) is 2. The fourth-order valence-electron chi connectivity index (χ4n) is 1.86. The molecular formula is C16H20BrN3. The second-order valence-corrected chi connectivity index (χ2v) is 6.00. The first kappa shape index (κ1) is 15.0. The number of benzene rings is 1. The van der Waals surface area contributed by atoms with Crippen LogP contribution in [0, 0.1) is 0 Å². The van der Waals surface area contributed by atoms with Gasteiger partial charge < -0.3 is 5.32 Å². The van der Waals surface area contributed by atoms with Crippen molar-refractivity contribution in [3.05, 3.63) is 40.6 Å². The van der Waals surface area contributed by atoms with Crippen LogP contribution in [0.2, 0.25) is 0 Å². The van der Waals surface area contributed by atoms with E-state index in [1.54, 1.807) is 0 Å². The third-order valence-electron chi connectivity index (χ3n) is 2.94. The zero-order chi connectivity index (χ0) is 14.5. The molecule has 0 spiro atoms. The van der Waals surface area contributed by atoms with E-state index in [1.165, 1.54) is 0 Å². The molecule has 2 rings (SSSR count). The molecule has 0 radical (unpaired) electrons. The number of halogens is 1. The molecule has 0 saturated heterocycles. The predicted octanol–water partition coefficient (Wildman–Crippen LogP) is 4.85. The first-order chi connectivity index (χ1) is 9.60. The molecular weight excluding hydrogens is 314 g/mol. The number of rotatable bonds is 5. The Morgan fingerprint density at radius 3 is 2.65 bits per heavy atom. The zero-order valence-corrected chi connectivity index (χ0v) is 13.7. The monoisotopic (exact) mass is 333 g/mol. The van der Waals surface area contributed by atoms with Crippen LogP contribution in [0.3, 0.4) is 0 Å². The van der Waals surface area contributed by atoms with E-state index < -0.39 is 0 Å². The van der Waals surface area contributed by atoms with E-state index in [2.05, 4.69) is 64.1 Å². The molecule has 1 heterocycles. The van der Waals surface area contributed by atoms with E-state index in [1.807, 2.05) is 18.2 Å². The normalized spacial score (nSPS) is 10.8. The number of nitrogens with one attached hydrogen (secondary N) is 1. The van der Waals surface area contributed by atoms with Crippen LogP contribution in [-0.2, 0) is 0 Å². The van der Waals surface area contributed by atoms with E-state index in [4.69, 9.17) is 0 Å². The number of hydrogen-bond donors (Lipinski definition) is 1. The van der Waals surface area contributed by atoms with E-state index in [-0.39, 0.29) is 0 Å². The van der Waals surface area contributed by atoms with Crippen LogP contribution < -0.4 is 5.32 Å². The minimum atomic E-state index is 0.310. The third-order valence-corrected chi connectivity index (χ3v) is 3.43. The largest absolute Gasteiger partial charge is 0.370 e. The molecule has 1 N–H and O–H groups in total. The van der Waals surface area contributed by atoms with Crippen molar-refractivity contribution in [3.63, 3.8) is 0 Å². The van der Waals surface area contributed by atoms with Crippen LogP contribution in [0.1, 0.15) is 38.9 Å². The fourth-order valence-corrected chi connectivity index (χ4v) is 2.26. The van der Waals surface area contributed by atoms with Crippen molar-refractivity contribution in [3.8, 4) is 11.3 Å². The first-order valence-corrected chi connectivity index (χ1v) is 7.78. The lowest BCUT2D eigenvalue weighted by molar-refractivity contribution is 0.775. The van der Waals surface area contributed by atoms with Crippen LogP contribution in [-0.4, -0.2) is 16.5 Å². The summed E-state index contributed by atoms with van der Waals surface area (Å²) in [7, 11) is 0. The van der Waals surface area contributed by atoms with Crippen molar-refractivity contribution in [2.75, 3.05) is 11.9 Å². The summed E-state index contributed by atoms with van der Waals surface area (Å²) >= 11 is 3.51. The molecule has 0 amide bonds. The van der Waals surface area contributed by atoms with Gasteiger partial charge in [0.25, 0.3) is 0 Å². The molecule has 106 valence electrons. The number of anilines is 1. The maximum absolute atomic E-state index is 4.68. The lowest BCUT2D eigenvalue weighted by Gasteiger charge is -2.11. The highest BCUT2D eigenvalue weighted by molar-refractivity contribution is 9.10. The Balaban J connectivity index is 2.43. The van der Waals surface area contributed by atoms with Crippen LogP contribution in [0.4, 0.5) is 5.82 Å². The van der Waals surface area contributed by atoms with Crippen LogP contribution in [0.15, 0.2) is 34.8 Å². The van der Waals surface area contributed by atoms with Crippen molar-refractivity contribution < 1.29 is 0 Å². The Labute approximate surface area is 129 Å². The topological polar surface area (TPSA) is 37.8 Å². The zero-order valence-electron chi connectivity index (χ0n) is 12.2. The third kappa shape index (κ3) is 3.79. The van der Waals surface area contributed by atoms with Crippen molar-refractivity contribution in [1.29, 1.82) is 0 Å². The first-order valence-electron chi connectivity index (χ1n) is 6.99. The SMILES string of the molecule is CCCNc1cc(-c2cccc(Br)c2)nc(C(C)C)n1. The molecule has 0 aliphatic heterocycles. The fraction of sp³-hybridized carbons (Fsp3) is 0.375. The lowest BCUT2D eigenvalue weighted by Crippen LogP contribution is -2.07. The second-order valence-electron chi connectivity index (χ2n) is 5.09. The van der Waals surface area contributed by atoms with E-state index >= 15 is 0 Å². The van der Waals surface area contributed by atoms with Gasteiger partial charge in [0.05, 0.1) is 5.69 Å². The van der Waals surface area contributed by atoms with E-state index in [9.17, 15) is 0 Å². The van der Waals surface area contributed by atoms with Gasteiger partial charge in [0.2, 0.25) is 0 Å². The molecule has 20 heavy (non-hydrogen) atoms. The molecule has 0 atom stereocenters. The summed E-state index contributed by atoms with van der Waals surface area (Å²) < 4.78 is 1.06. The van der Waals surface area contributed by atoms with E-state index in [0.717, 1.165) is 40.3 Å². The minimum absolute atomic E-state index is 0.310. The molecule has 0 aliphatic rings. The lowest BCUT2D eigenvalue weighted by atomic mass is 10.1. The summed E-state index contributed by atoms with van der Waals surface area (Å²) in [4.78, 5) is 9.26. The molecule has 1 aromatic carbocycles.